The van der Waals surface area contributed by atoms with E-state index in [1.165, 1.54) is 6.33 Å². The zero-order valence-electron chi connectivity index (χ0n) is 11.2. The van der Waals surface area contributed by atoms with E-state index < -0.39 is 0 Å². The van der Waals surface area contributed by atoms with Gasteiger partial charge in [0.1, 0.15) is 6.33 Å². The van der Waals surface area contributed by atoms with Gasteiger partial charge in [-0.3, -0.25) is 10.1 Å². The number of aromatic amines is 1. The molecule has 7 nitrogen and oxygen atoms in total. The maximum absolute atomic E-state index is 11.7. The second kappa shape index (κ2) is 6.00. The molecule has 2 aromatic heterocycles. The molecule has 0 aliphatic rings. The summed E-state index contributed by atoms with van der Waals surface area (Å²) in [7, 11) is 0. The average molecular weight is 282 g/mol. The Bertz CT molecular complexity index is 704. The quantitative estimate of drug-likeness (QED) is 0.743. The van der Waals surface area contributed by atoms with Crippen molar-refractivity contribution in [1.29, 1.82) is 0 Å². The van der Waals surface area contributed by atoms with E-state index in [0.717, 1.165) is 11.3 Å². The maximum atomic E-state index is 11.7. The molecule has 1 aromatic carbocycles. The van der Waals surface area contributed by atoms with Crippen molar-refractivity contribution in [3.8, 4) is 5.69 Å². The molecule has 1 amide bonds. The number of rotatable bonds is 5. The van der Waals surface area contributed by atoms with E-state index in [-0.39, 0.29) is 5.91 Å². The van der Waals surface area contributed by atoms with Crippen LogP contribution in [-0.4, -0.2) is 30.9 Å². The lowest BCUT2D eigenvalue weighted by atomic mass is 10.2. The molecule has 3 rings (SSSR count). The number of nitrogens with zero attached hydrogens (tertiary/aromatic N) is 4. The van der Waals surface area contributed by atoms with Gasteiger partial charge in [-0.15, -0.1) is 0 Å². The van der Waals surface area contributed by atoms with Gasteiger partial charge >= 0.3 is 0 Å². The summed E-state index contributed by atoms with van der Waals surface area (Å²) in [5.41, 5.74) is 2.00. The van der Waals surface area contributed by atoms with Gasteiger partial charge < -0.3 is 0 Å². The lowest BCUT2D eigenvalue weighted by molar-refractivity contribution is -0.116. The van der Waals surface area contributed by atoms with Crippen LogP contribution in [0, 0.1) is 0 Å². The topological polar surface area (TPSA) is 88.5 Å². The lowest BCUT2D eigenvalue weighted by Gasteiger charge is -2.00. The fraction of sp³-hybridized carbons (Fsp3) is 0.143. The summed E-state index contributed by atoms with van der Waals surface area (Å²) in [4.78, 5) is 15.6. The molecule has 21 heavy (non-hydrogen) atoms. The number of hydrogen-bond acceptors (Lipinski definition) is 4. The summed E-state index contributed by atoms with van der Waals surface area (Å²) in [6, 6.07) is 9.84. The molecule has 0 spiro atoms. The average Bonchev–Trinajstić information content (AvgIpc) is 3.17. The summed E-state index contributed by atoms with van der Waals surface area (Å²) in [6.07, 6.45) is 6.03. The Morgan fingerprint density at radius 2 is 2.14 bits per heavy atom. The van der Waals surface area contributed by atoms with Crippen LogP contribution in [-0.2, 0) is 11.2 Å². The van der Waals surface area contributed by atoms with Gasteiger partial charge in [0, 0.05) is 12.6 Å². The Morgan fingerprint density at radius 1 is 1.29 bits per heavy atom. The monoisotopic (exact) mass is 282 g/mol. The minimum atomic E-state index is -0.112. The molecule has 0 saturated heterocycles. The van der Waals surface area contributed by atoms with E-state index in [2.05, 4.69) is 25.6 Å². The molecule has 0 bridgehead atoms. The number of carbonyl (C=O) groups is 1. The van der Waals surface area contributed by atoms with Gasteiger partial charge in [0.15, 0.2) is 0 Å². The van der Waals surface area contributed by atoms with Gasteiger partial charge in [-0.1, -0.05) is 18.2 Å². The summed E-state index contributed by atoms with van der Waals surface area (Å²) >= 11 is 0. The van der Waals surface area contributed by atoms with Crippen LogP contribution in [0.15, 0.2) is 49.1 Å². The van der Waals surface area contributed by atoms with Gasteiger partial charge in [-0.2, -0.15) is 15.2 Å². The van der Waals surface area contributed by atoms with E-state index in [9.17, 15) is 4.79 Å². The van der Waals surface area contributed by atoms with Gasteiger partial charge in [0.2, 0.25) is 11.9 Å². The van der Waals surface area contributed by atoms with E-state index >= 15 is 0 Å². The molecule has 0 aliphatic carbocycles. The molecule has 7 heteroatoms. The highest BCUT2D eigenvalue weighted by Crippen LogP contribution is 2.09. The standard InChI is InChI=1S/C14H14N6O/c21-13(18-14-15-10-16-19-14)7-6-11-8-17-20(9-11)12-4-2-1-3-5-12/h1-5,8-10H,6-7H2,(H2,15,16,18,19,21). The predicted molar refractivity (Wildman–Crippen MR) is 76.9 cm³/mol. The number of anilines is 1. The fourth-order valence-corrected chi connectivity index (χ4v) is 1.93. The molecule has 0 atom stereocenters. The number of carbonyl (C=O) groups excluding carboxylic acids is 1. The van der Waals surface area contributed by atoms with Crippen molar-refractivity contribution < 1.29 is 4.79 Å². The smallest absolute Gasteiger partial charge is 0.227 e. The first-order valence-corrected chi connectivity index (χ1v) is 6.55. The number of benzene rings is 1. The van der Waals surface area contributed by atoms with Crippen LogP contribution in [0.3, 0.4) is 0 Å². The molecule has 0 unspecified atom stereocenters. The van der Waals surface area contributed by atoms with E-state index in [1.807, 2.05) is 36.5 Å². The highest BCUT2D eigenvalue weighted by Gasteiger charge is 2.06. The number of aromatic nitrogens is 5. The number of hydrogen-bond donors (Lipinski definition) is 2. The molecule has 0 radical (unpaired) electrons. The van der Waals surface area contributed by atoms with Crippen molar-refractivity contribution in [3.05, 3.63) is 54.6 Å². The van der Waals surface area contributed by atoms with Crippen LogP contribution in [0.5, 0.6) is 0 Å². The summed E-state index contributed by atoms with van der Waals surface area (Å²) in [5.74, 6) is 0.249. The molecule has 2 heterocycles. The molecule has 0 fully saturated rings. The molecular weight excluding hydrogens is 268 g/mol. The molecule has 0 aliphatic heterocycles. The maximum Gasteiger partial charge on any atom is 0.227 e. The van der Waals surface area contributed by atoms with Crippen LogP contribution in [0.1, 0.15) is 12.0 Å². The van der Waals surface area contributed by atoms with Gasteiger partial charge in [-0.05, 0) is 24.1 Å². The Hall–Kier alpha value is -2.96. The SMILES string of the molecule is O=C(CCc1cnn(-c2ccccc2)c1)Nc1ncn[nH]1. The highest BCUT2D eigenvalue weighted by molar-refractivity contribution is 5.88. The van der Waals surface area contributed by atoms with Crippen molar-refractivity contribution in [1.82, 2.24) is 25.0 Å². The second-order valence-corrected chi connectivity index (χ2v) is 4.51. The number of aryl methyl sites for hydroxylation is 1. The Morgan fingerprint density at radius 3 is 2.90 bits per heavy atom. The van der Waals surface area contributed by atoms with Gasteiger partial charge in [0.25, 0.3) is 0 Å². The van der Waals surface area contributed by atoms with Crippen LogP contribution < -0.4 is 5.32 Å². The minimum absolute atomic E-state index is 0.112. The minimum Gasteiger partial charge on any atom is -0.295 e. The van der Waals surface area contributed by atoms with E-state index in [0.29, 0.717) is 18.8 Å². The van der Waals surface area contributed by atoms with Gasteiger partial charge in [-0.25, -0.2) is 9.78 Å². The molecule has 106 valence electrons. The largest absolute Gasteiger partial charge is 0.295 e. The number of para-hydroxylation sites is 1. The third-order valence-electron chi connectivity index (χ3n) is 2.97. The fourth-order valence-electron chi connectivity index (χ4n) is 1.93. The Labute approximate surface area is 121 Å². The predicted octanol–water partition coefficient (Wildman–Crippen LogP) is 1.56. The van der Waals surface area contributed by atoms with Crippen LogP contribution in [0.2, 0.25) is 0 Å². The number of amides is 1. The number of H-pyrrole nitrogens is 1. The Balaban J connectivity index is 1.56. The summed E-state index contributed by atoms with van der Waals surface area (Å²) in [6.45, 7) is 0. The summed E-state index contributed by atoms with van der Waals surface area (Å²) in [5, 5.41) is 13.2. The van der Waals surface area contributed by atoms with Crippen molar-refractivity contribution in [2.24, 2.45) is 0 Å². The first kappa shape index (κ1) is 13.0. The van der Waals surface area contributed by atoms with Gasteiger partial charge in [0.05, 0.1) is 11.9 Å². The van der Waals surface area contributed by atoms with Crippen LogP contribution >= 0.6 is 0 Å². The first-order chi connectivity index (χ1) is 10.3. The Kier molecular flexibility index (Phi) is 3.72. The highest BCUT2D eigenvalue weighted by atomic mass is 16.1. The van der Waals surface area contributed by atoms with Crippen molar-refractivity contribution in [3.63, 3.8) is 0 Å². The number of nitrogens with one attached hydrogen (secondary N) is 2. The zero-order chi connectivity index (χ0) is 14.5. The van der Waals surface area contributed by atoms with E-state index in [1.54, 1.807) is 10.9 Å². The van der Waals surface area contributed by atoms with E-state index in [4.69, 9.17) is 0 Å². The first-order valence-electron chi connectivity index (χ1n) is 6.55. The lowest BCUT2D eigenvalue weighted by Crippen LogP contribution is -2.13. The zero-order valence-corrected chi connectivity index (χ0v) is 11.2. The molecular formula is C14H14N6O. The van der Waals surface area contributed by atoms with Crippen molar-refractivity contribution >= 4 is 11.9 Å². The van der Waals surface area contributed by atoms with Crippen LogP contribution in [0.4, 0.5) is 5.95 Å². The molecule has 3 aromatic rings. The van der Waals surface area contributed by atoms with Crippen molar-refractivity contribution in [2.45, 2.75) is 12.8 Å². The second-order valence-electron chi connectivity index (χ2n) is 4.51. The third-order valence-corrected chi connectivity index (χ3v) is 2.97. The van der Waals surface area contributed by atoms with Crippen LogP contribution in [0.25, 0.3) is 5.69 Å². The molecule has 2 N–H and O–H groups in total. The molecule has 0 saturated carbocycles. The normalized spacial score (nSPS) is 10.5. The summed E-state index contributed by atoms with van der Waals surface area (Å²) < 4.78 is 1.80. The third kappa shape index (κ3) is 3.33. The van der Waals surface area contributed by atoms with Crippen molar-refractivity contribution in [2.75, 3.05) is 5.32 Å².